The number of hydrogen-bond donors (Lipinski definition) is 2. The fourth-order valence-electron chi connectivity index (χ4n) is 4.58. The van der Waals surface area contributed by atoms with Gasteiger partial charge in [-0.05, 0) is 74.8 Å². The van der Waals surface area contributed by atoms with Crippen molar-refractivity contribution < 1.29 is 18.1 Å². The maximum atomic E-state index is 15.0. The van der Waals surface area contributed by atoms with Crippen LogP contribution in [-0.2, 0) is 16.5 Å². The first-order valence-corrected chi connectivity index (χ1v) is 14.3. The summed E-state index contributed by atoms with van der Waals surface area (Å²) in [6, 6.07) is 8.27. The van der Waals surface area contributed by atoms with Crippen molar-refractivity contribution in [2.75, 3.05) is 13.1 Å². The lowest BCUT2D eigenvalue weighted by atomic mass is 10.0. The minimum absolute atomic E-state index is 0.136. The predicted octanol–water partition coefficient (Wildman–Crippen LogP) is 5.91. The second-order valence-corrected chi connectivity index (χ2v) is 12.6. The molecule has 2 aromatic rings. The molecular weight excluding hydrogens is 512 g/mol. The second-order valence-electron chi connectivity index (χ2n) is 9.69. The highest BCUT2D eigenvalue weighted by molar-refractivity contribution is 7.92. The first-order valence-electron chi connectivity index (χ1n) is 12.0. The van der Waals surface area contributed by atoms with Gasteiger partial charge in [0.05, 0.1) is 10.8 Å². The number of carbonyl (C=O) groups excluding carboxylic acids is 1. The Morgan fingerprint density at radius 1 is 1.17 bits per heavy atom. The standard InChI is InChI=1S/C25H28Cl2FN3O3S/c26-21-4-1-5-22(27)20(21)14-31-10-2-3-16(13-31)34-24-12-23(28)19(11-18(24)15-6-7-15)25(32)30-35(29,33)17-8-9-17/h1,4-5,11-12,15-17H,2-3,6-10,13-14H2,(H2,29,30,32,33)/t16-,35?/m1/s1. The van der Waals surface area contributed by atoms with Crippen LogP contribution in [0.5, 0.6) is 5.75 Å². The van der Waals surface area contributed by atoms with Gasteiger partial charge in [0.25, 0.3) is 5.91 Å². The summed E-state index contributed by atoms with van der Waals surface area (Å²) in [5, 5.41) is 0.923. The molecule has 3 fully saturated rings. The summed E-state index contributed by atoms with van der Waals surface area (Å²) in [4.78, 5) is 14.9. The van der Waals surface area contributed by atoms with Crippen LogP contribution in [0.3, 0.4) is 0 Å². The van der Waals surface area contributed by atoms with Crippen LogP contribution in [0.15, 0.2) is 30.3 Å². The fraction of sp³-hybridized carbons (Fsp3) is 0.480. The summed E-state index contributed by atoms with van der Waals surface area (Å²) < 4.78 is 43.9. The smallest absolute Gasteiger partial charge is 0.266 e. The van der Waals surface area contributed by atoms with Gasteiger partial charge in [-0.2, -0.15) is 0 Å². The van der Waals surface area contributed by atoms with Crippen molar-refractivity contribution in [2.45, 2.75) is 62.3 Å². The molecule has 2 aliphatic carbocycles. The molecule has 1 unspecified atom stereocenters. The molecule has 3 aliphatic rings. The number of benzene rings is 2. The van der Waals surface area contributed by atoms with Gasteiger partial charge in [-0.15, -0.1) is 0 Å². The Hall–Kier alpha value is -1.87. The summed E-state index contributed by atoms with van der Waals surface area (Å²) in [7, 11) is -3.26. The van der Waals surface area contributed by atoms with Gasteiger partial charge in [0.2, 0.25) is 0 Å². The first kappa shape index (κ1) is 24.8. The molecule has 0 bridgehead atoms. The number of carbonyl (C=O) groups is 1. The summed E-state index contributed by atoms with van der Waals surface area (Å²) in [5.41, 5.74) is 1.50. The molecule has 0 aromatic heterocycles. The van der Waals surface area contributed by atoms with Crippen LogP contribution in [-0.4, -0.2) is 39.5 Å². The molecule has 2 N–H and O–H groups in total. The molecule has 2 atom stereocenters. The SMILES string of the molecule is N=S(=O)(NC(=O)c1cc(C2CC2)c(O[C@@H]2CCCN(Cc3c(Cl)cccc3Cl)C2)cc1F)C1CC1. The van der Waals surface area contributed by atoms with E-state index in [-0.39, 0.29) is 22.8 Å². The van der Waals surface area contributed by atoms with Crippen LogP contribution in [0.2, 0.25) is 10.0 Å². The molecule has 2 aromatic carbocycles. The van der Waals surface area contributed by atoms with Crippen LogP contribution in [0.1, 0.15) is 65.9 Å². The van der Waals surface area contributed by atoms with E-state index in [4.69, 9.17) is 32.7 Å². The first-order chi connectivity index (χ1) is 16.7. The summed E-state index contributed by atoms with van der Waals surface area (Å²) >= 11 is 12.7. The number of rotatable bonds is 8. The van der Waals surface area contributed by atoms with Crippen LogP contribution < -0.4 is 9.46 Å². The Balaban J connectivity index is 1.31. The number of piperidine rings is 1. The number of likely N-dealkylation sites (tertiary alicyclic amines) is 1. The molecule has 6 nitrogen and oxygen atoms in total. The number of halogens is 3. The van der Waals surface area contributed by atoms with Gasteiger partial charge in [-0.25, -0.2) is 13.4 Å². The molecule has 10 heteroatoms. The number of nitrogens with zero attached hydrogens (tertiary/aromatic N) is 1. The second kappa shape index (κ2) is 9.88. The number of nitrogens with one attached hydrogen (secondary N) is 2. The van der Waals surface area contributed by atoms with Crippen molar-refractivity contribution in [2.24, 2.45) is 0 Å². The lowest BCUT2D eigenvalue weighted by Gasteiger charge is -2.33. The minimum atomic E-state index is -3.26. The zero-order valence-electron chi connectivity index (χ0n) is 19.2. The van der Waals surface area contributed by atoms with E-state index < -0.39 is 21.6 Å². The highest BCUT2D eigenvalue weighted by Gasteiger charge is 2.35. The monoisotopic (exact) mass is 539 g/mol. The quantitative estimate of drug-likeness (QED) is 0.437. The third-order valence-corrected chi connectivity index (χ3v) is 9.41. The molecular formula is C25H28Cl2FN3O3S. The zero-order chi connectivity index (χ0) is 24.7. The van der Waals surface area contributed by atoms with Gasteiger partial charge in [-0.3, -0.25) is 14.4 Å². The Bertz CT molecular complexity index is 1230. The van der Waals surface area contributed by atoms with Crippen LogP contribution in [0.25, 0.3) is 0 Å². The zero-order valence-corrected chi connectivity index (χ0v) is 21.5. The maximum Gasteiger partial charge on any atom is 0.266 e. The lowest BCUT2D eigenvalue weighted by Crippen LogP contribution is -2.40. The van der Waals surface area contributed by atoms with E-state index in [0.717, 1.165) is 43.4 Å². The van der Waals surface area contributed by atoms with Gasteiger partial charge in [0.15, 0.2) is 0 Å². The van der Waals surface area contributed by atoms with Crippen LogP contribution in [0, 0.1) is 10.6 Å². The van der Waals surface area contributed by atoms with Gasteiger partial charge < -0.3 is 4.74 Å². The highest BCUT2D eigenvalue weighted by atomic mass is 35.5. The van der Waals surface area contributed by atoms with Crippen LogP contribution >= 0.6 is 23.2 Å². The normalized spacial score (nSPS) is 22.4. The number of hydrogen-bond acceptors (Lipinski definition) is 5. The minimum Gasteiger partial charge on any atom is -0.489 e. The Morgan fingerprint density at radius 2 is 1.89 bits per heavy atom. The van der Waals surface area contributed by atoms with E-state index >= 15 is 4.39 Å². The van der Waals surface area contributed by atoms with Crippen molar-refractivity contribution in [1.82, 2.24) is 9.62 Å². The third kappa shape index (κ3) is 5.77. The van der Waals surface area contributed by atoms with E-state index in [1.54, 1.807) is 0 Å². The van der Waals surface area contributed by atoms with E-state index in [1.165, 1.54) is 12.1 Å². The molecule has 5 rings (SSSR count). The summed E-state index contributed by atoms with van der Waals surface area (Å²) in [6.45, 7) is 2.14. The van der Waals surface area contributed by atoms with E-state index in [1.807, 2.05) is 18.2 Å². The average molecular weight is 540 g/mol. The van der Waals surface area contributed by atoms with Crippen molar-refractivity contribution in [3.8, 4) is 5.75 Å². The summed E-state index contributed by atoms with van der Waals surface area (Å²) in [5.74, 6) is -0.868. The van der Waals surface area contributed by atoms with E-state index in [0.29, 0.717) is 41.7 Å². The van der Waals surface area contributed by atoms with E-state index in [9.17, 15) is 9.00 Å². The number of ether oxygens (including phenoxy) is 1. The number of amides is 1. The maximum absolute atomic E-state index is 15.0. The van der Waals surface area contributed by atoms with E-state index in [2.05, 4.69) is 9.62 Å². The highest BCUT2D eigenvalue weighted by Crippen LogP contribution is 2.45. The average Bonchev–Trinajstić information content (AvgIpc) is 3.69. The Kier molecular flexibility index (Phi) is 7.00. The Morgan fingerprint density at radius 3 is 2.54 bits per heavy atom. The fourth-order valence-corrected chi connectivity index (χ4v) is 6.45. The largest absolute Gasteiger partial charge is 0.489 e. The van der Waals surface area contributed by atoms with Gasteiger partial charge in [0.1, 0.15) is 27.6 Å². The van der Waals surface area contributed by atoms with Gasteiger partial charge in [-0.1, -0.05) is 29.3 Å². The predicted molar refractivity (Wildman–Crippen MR) is 135 cm³/mol. The molecule has 1 saturated heterocycles. The molecule has 1 amide bonds. The van der Waals surface area contributed by atoms with Gasteiger partial charge in [0, 0.05) is 34.8 Å². The topological polar surface area (TPSA) is 82.5 Å². The molecule has 0 spiro atoms. The molecule has 188 valence electrons. The molecule has 2 saturated carbocycles. The van der Waals surface area contributed by atoms with Crippen molar-refractivity contribution in [3.63, 3.8) is 0 Å². The van der Waals surface area contributed by atoms with Gasteiger partial charge >= 0.3 is 0 Å². The Labute approximate surface area is 215 Å². The molecule has 0 radical (unpaired) electrons. The van der Waals surface area contributed by atoms with Crippen molar-refractivity contribution in [3.05, 3.63) is 62.9 Å². The lowest BCUT2D eigenvalue weighted by molar-refractivity contribution is 0.0833. The van der Waals surface area contributed by atoms with Crippen molar-refractivity contribution in [1.29, 1.82) is 4.78 Å². The molecule has 35 heavy (non-hydrogen) atoms. The summed E-state index contributed by atoms with van der Waals surface area (Å²) in [6.07, 6.45) is 4.81. The molecule has 1 heterocycles. The third-order valence-electron chi connectivity index (χ3n) is 6.80. The molecule has 1 aliphatic heterocycles. The van der Waals surface area contributed by atoms with Crippen molar-refractivity contribution >= 4 is 39.0 Å². The van der Waals surface area contributed by atoms with Crippen LogP contribution in [0.4, 0.5) is 4.39 Å².